The van der Waals surface area contributed by atoms with Crippen molar-refractivity contribution in [1.29, 1.82) is 0 Å². The highest BCUT2D eigenvalue weighted by molar-refractivity contribution is 6.18. The van der Waals surface area contributed by atoms with Gasteiger partial charge < -0.3 is 10.1 Å². The van der Waals surface area contributed by atoms with Crippen molar-refractivity contribution in [2.24, 2.45) is 0 Å². The monoisotopic (exact) mass is 278 g/mol. The maximum Gasteiger partial charge on any atom is 0.243 e. The van der Waals surface area contributed by atoms with Crippen molar-refractivity contribution in [3.8, 4) is 0 Å². The van der Waals surface area contributed by atoms with E-state index in [1.807, 2.05) is 24.3 Å². The third kappa shape index (κ3) is 2.62. The molecule has 100 valence electrons. The Morgan fingerprint density at radius 1 is 1.16 bits per heavy atom. The molecule has 0 aliphatic carbocycles. The molecule has 0 spiro atoms. The number of rotatable bonds is 3. The molecule has 1 N–H and O–H groups in total. The number of hydrogen-bond acceptors (Lipinski definition) is 5. The van der Waals surface area contributed by atoms with E-state index in [0.717, 1.165) is 23.9 Å². The van der Waals surface area contributed by atoms with Crippen LogP contribution >= 0.6 is 11.6 Å². The molecule has 3 rings (SSSR count). The van der Waals surface area contributed by atoms with Gasteiger partial charge in [-0.15, -0.1) is 21.8 Å². The Morgan fingerprint density at radius 2 is 1.89 bits per heavy atom. The summed E-state index contributed by atoms with van der Waals surface area (Å²) in [6.45, 7) is 1.42. The minimum atomic E-state index is -0.191. The number of alkyl halides is 1. The molecule has 0 radical (unpaired) electrons. The molecule has 0 saturated carbocycles. The quantitative estimate of drug-likeness (QED) is 0.873. The van der Waals surface area contributed by atoms with Crippen molar-refractivity contribution in [2.45, 2.75) is 18.4 Å². The molecule has 1 aliphatic rings. The van der Waals surface area contributed by atoms with E-state index in [-0.39, 0.29) is 5.54 Å². The van der Waals surface area contributed by atoms with Gasteiger partial charge in [0.2, 0.25) is 5.95 Å². The average molecular weight is 279 g/mol. The predicted octanol–water partition coefficient (Wildman–Crippen LogP) is 2.22. The van der Waals surface area contributed by atoms with E-state index < -0.39 is 0 Å². The topological polar surface area (TPSA) is 59.9 Å². The third-order valence-corrected chi connectivity index (χ3v) is 3.95. The fourth-order valence-corrected chi connectivity index (χ4v) is 2.56. The molecule has 1 aromatic carbocycles. The van der Waals surface area contributed by atoms with Crippen LogP contribution in [0.1, 0.15) is 12.8 Å². The Kier molecular flexibility index (Phi) is 3.48. The van der Waals surface area contributed by atoms with Crippen LogP contribution in [0.4, 0.5) is 5.95 Å². The lowest BCUT2D eigenvalue weighted by molar-refractivity contribution is 0.0665. The standard InChI is InChI=1S/C13H15ClN4O/c14-9-13(5-7-19-8-6-13)16-12-15-10-3-1-2-4-11(10)17-18-12/h1-4H,5-9H2,(H,15,16,18). The molecule has 6 heteroatoms. The highest BCUT2D eigenvalue weighted by atomic mass is 35.5. The van der Waals surface area contributed by atoms with E-state index in [1.165, 1.54) is 0 Å². The SMILES string of the molecule is ClCC1(Nc2nnc3ccccc3n2)CCOCC1. The number of nitrogens with zero attached hydrogens (tertiary/aromatic N) is 3. The Bertz CT molecular complexity index is 571. The number of anilines is 1. The number of nitrogens with one attached hydrogen (secondary N) is 1. The summed E-state index contributed by atoms with van der Waals surface area (Å²) in [6, 6.07) is 7.68. The fraction of sp³-hybridized carbons (Fsp3) is 0.462. The largest absolute Gasteiger partial charge is 0.381 e. The zero-order chi connectivity index (χ0) is 13.1. The first-order valence-corrected chi connectivity index (χ1v) is 6.86. The molecule has 1 aliphatic heterocycles. The lowest BCUT2D eigenvalue weighted by Gasteiger charge is -2.36. The summed E-state index contributed by atoms with van der Waals surface area (Å²) in [6.07, 6.45) is 1.71. The van der Waals surface area contributed by atoms with Crippen molar-refractivity contribution in [2.75, 3.05) is 24.4 Å². The summed E-state index contributed by atoms with van der Waals surface area (Å²) in [5.41, 5.74) is 1.43. The smallest absolute Gasteiger partial charge is 0.243 e. The van der Waals surface area contributed by atoms with E-state index in [1.54, 1.807) is 0 Å². The van der Waals surface area contributed by atoms with Crippen molar-refractivity contribution >= 4 is 28.6 Å². The van der Waals surface area contributed by atoms with Gasteiger partial charge in [-0.1, -0.05) is 12.1 Å². The lowest BCUT2D eigenvalue weighted by Crippen LogP contribution is -2.45. The van der Waals surface area contributed by atoms with Gasteiger partial charge in [-0.05, 0) is 25.0 Å². The van der Waals surface area contributed by atoms with Crippen LogP contribution in [0.5, 0.6) is 0 Å². The summed E-state index contributed by atoms with van der Waals surface area (Å²) in [7, 11) is 0. The maximum absolute atomic E-state index is 6.11. The van der Waals surface area contributed by atoms with Crippen molar-refractivity contribution < 1.29 is 4.74 Å². The summed E-state index contributed by atoms with van der Waals surface area (Å²) < 4.78 is 5.38. The Hall–Kier alpha value is -1.46. The highest BCUT2D eigenvalue weighted by Gasteiger charge is 2.32. The molecule has 0 amide bonds. The van der Waals surface area contributed by atoms with Gasteiger partial charge in [-0.25, -0.2) is 4.98 Å². The Balaban J connectivity index is 1.87. The number of ether oxygens (including phenoxy) is 1. The van der Waals surface area contributed by atoms with Crippen LogP contribution in [0.3, 0.4) is 0 Å². The molecular formula is C13H15ClN4O. The highest BCUT2D eigenvalue weighted by Crippen LogP contribution is 2.26. The Labute approximate surface area is 116 Å². The third-order valence-electron chi connectivity index (χ3n) is 3.44. The molecule has 0 bridgehead atoms. The molecular weight excluding hydrogens is 264 g/mol. The van der Waals surface area contributed by atoms with Crippen molar-refractivity contribution in [1.82, 2.24) is 15.2 Å². The second-order valence-electron chi connectivity index (χ2n) is 4.78. The summed E-state index contributed by atoms with van der Waals surface area (Å²) in [5, 5.41) is 11.6. The van der Waals surface area contributed by atoms with Gasteiger partial charge in [0.1, 0.15) is 5.52 Å². The van der Waals surface area contributed by atoms with Crippen LogP contribution in [-0.4, -0.2) is 39.8 Å². The van der Waals surface area contributed by atoms with E-state index in [2.05, 4.69) is 20.5 Å². The van der Waals surface area contributed by atoms with E-state index >= 15 is 0 Å². The molecule has 1 saturated heterocycles. The van der Waals surface area contributed by atoms with E-state index in [0.29, 0.717) is 25.0 Å². The molecule has 2 aromatic rings. The van der Waals surface area contributed by atoms with Crippen molar-refractivity contribution in [3.05, 3.63) is 24.3 Å². The van der Waals surface area contributed by atoms with Crippen LogP contribution < -0.4 is 5.32 Å². The van der Waals surface area contributed by atoms with Gasteiger partial charge in [0.25, 0.3) is 0 Å². The predicted molar refractivity (Wildman–Crippen MR) is 74.5 cm³/mol. The molecule has 0 atom stereocenters. The number of halogens is 1. The number of aromatic nitrogens is 3. The fourth-order valence-electron chi connectivity index (χ4n) is 2.23. The van der Waals surface area contributed by atoms with Gasteiger partial charge in [-0.3, -0.25) is 0 Å². The minimum absolute atomic E-state index is 0.191. The van der Waals surface area contributed by atoms with Crippen LogP contribution in [0.15, 0.2) is 24.3 Å². The van der Waals surface area contributed by atoms with Crippen molar-refractivity contribution in [3.63, 3.8) is 0 Å². The normalized spacial score (nSPS) is 18.4. The van der Waals surface area contributed by atoms with Gasteiger partial charge in [0.05, 0.1) is 11.1 Å². The van der Waals surface area contributed by atoms with Crippen LogP contribution in [0, 0.1) is 0 Å². The van der Waals surface area contributed by atoms with Gasteiger partial charge >= 0.3 is 0 Å². The minimum Gasteiger partial charge on any atom is -0.381 e. The lowest BCUT2D eigenvalue weighted by atomic mass is 9.92. The number of hydrogen-bond donors (Lipinski definition) is 1. The average Bonchev–Trinajstić information content (AvgIpc) is 2.48. The first kappa shape index (κ1) is 12.6. The zero-order valence-corrected chi connectivity index (χ0v) is 11.2. The Morgan fingerprint density at radius 3 is 2.63 bits per heavy atom. The molecule has 19 heavy (non-hydrogen) atoms. The van der Waals surface area contributed by atoms with Gasteiger partial charge in [0.15, 0.2) is 0 Å². The van der Waals surface area contributed by atoms with Gasteiger partial charge in [0, 0.05) is 19.1 Å². The summed E-state index contributed by atoms with van der Waals surface area (Å²) in [4.78, 5) is 4.48. The molecule has 1 aromatic heterocycles. The molecule has 2 heterocycles. The van der Waals surface area contributed by atoms with E-state index in [4.69, 9.17) is 16.3 Å². The number of para-hydroxylation sites is 1. The molecule has 0 unspecified atom stereocenters. The summed E-state index contributed by atoms with van der Waals surface area (Å²) >= 11 is 6.11. The van der Waals surface area contributed by atoms with Crippen LogP contribution in [-0.2, 0) is 4.74 Å². The summed E-state index contributed by atoms with van der Waals surface area (Å²) in [5.74, 6) is 1.04. The maximum atomic E-state index is 6.11. The van der Waals surface area contributed by atoms with E-state index in [9.17, 15) is 0 Å². The second-order valence-corrected chi connectivity index (χ2v) is 5.04. The first-order chi connectivity index (χ1) is 9.31. The number of benzene rings is 1. The zero-order valence-electron chi connectivity index (χ0n) is 10.5. The molecule has 1 fully saturated rings. The molecule has 5 nitrogen and oxygen atoms in total. The van der Waals surface area contributed by atoms with Crippen LogP contribution in [0.2, 0.25) is 0 Å². The number of fused-ring (bicyclic) bond motifs is 1. The van der Waals surface area contributed by atoms with Crippen LogP contribution in [0.25, 0.3) is 11.0 Å². The first-order valence-electron chi connectivity index (χ1n) is 6.33. The second kappa shape index (κ2) is 5.27. The van der Waals surface area contributed by atoms with Gasteiger partial charge in [-0.2, -0.15) is 0 Å².